The highest BCUT2D eigenvalue weighted by Crippen LogP contribution is 2.68. The number of aliphatic hydroxyl groups is 1. The number of carbonyl (C=O) groups excluding carboxylic acids is 3. The molecule has 3 aliphatic heterocycles. The quantitative estimate of drug-likeness (QED) is 0.193. The van der Waals surface area contributed by atoms with Gasteiger partial charge >= 0.3 is 5.97 Å². The summed E-state index contributed by atoms with van der Waals surface area (Å²) < 4.78 is 4.68. The van der Waals surface area contributed by atoms with Crippen LogP contribution in [0.1, 0.15) is 53.0 Å². The predicted octanol–water partition coefficient (Wildman–Crippen LogP) is 5.01. The highest BCUT2D eigenvalue weighted by Gasteiger charge is 2.77. The van der Waals surface area contributed by atoms with E-state index < -0.39 is 40.2 Å². The Morgan fingerprint density at radius 1 is 1.21 bits per heavy atom. The van der Waals surface area contributed by atoms with E-state index in [0.717, 1.165) is 12.0 Å². The molecule has 9 heteroatoms. The van der Waals surface area contributed by atoms with E-state index in [2.05, 4.69) is 63.7 Å². The number of alkyl halides is 1. The summed E-state index contributed by atoms with van der Waals surface area (Å²) in [5.41, 5.74) is 0.356. The number of nitrogens with zero attached hydrogens (tertiary/aromatic N) is 2. The Balaban J connectivity index is 1.84. The van der Waals surface area contributed by atoms with Crippen molar-refractivity contribution in [1.82, 2.24) is 9.80 Å². The highest BCUT2D eigenvalue weighted by atomic mass is 79.9. The number of fused-ring (bicyclic) bond motifs is 1. The number of hydrogen-bond donors (Lipinski definition) is 1. The van der Waals surface area contributed by atoms with Gasteiger partial charge in [0.15, 0.2) is 0 Å². The van der Waals surface area contributed by atoms with Crippen LogP contribution >= 0.6 is 27.7 Å². The zero-order valence-electron chi connectivity index (χ0n) is 25.4. The minimum Gasteiger partial charge on any atom is -0.461 e. The van der Waals surface area contributed by atoms with E-state index in [0.29, 0.717) is 19.4 Å². The topological polar surface area (TPSA) is 87.2 Å². The van der Waals surface area contributed by atoms with Gasteiger partial charge in [0.1, 0.15) is 12.6 Å². The lowest BCUT2D eigenvalue weighted by atomic mass is 9.70. The molecule has 1 N–H and O–H groups in total. The second-order valence-corrected chi connectivity index (χ2v) is 16.4. The average molecular weight is 662 g/mol. The molecule has 7 nitrogen and oxygen atoms in total. The molecule has 230 valence electrons. The summed E-state index contributed by atoms with van der Waals surface area (Å²) in [5.74, 6) is -2.30. The van der Waals surface area contributed by atoms with Gasteiger partial charge in [0.2, 0.25) is 11.8 Å². The third-order valence-corrected chi connectivity index (χ3v) is 12.0. The summed E-state index contributed by atoms with van der Waals surface area (Å²) in [6, 6.07) is 8.19. The molecule has 1 spiro atoms. The van der Waals surface area contributed by atoms with Gasteiger partial charge in [-0.3, -0.25) is 14.4 Å². The van der Waals surface area contributed by atoms with Gasteiger partial charge in [-0.25, -0.2) is 0 Å². The smallest absolute Gasteiger partial charge is 0.311 e. The number of ether oxygens (including phenoxy) is 1. The monoisotopic (exact) mass is 660 g/mol. The number of amides is 2. The molecule has 1 aromatic carbocycles. The van der Waals surface area contributed by atoms with E-state index >= 15 is 4.79 Å². The first-order chi connectivity index (χ1) is 19.7. The molecule has 0 aromatic heterocycles. The molecule has 7 atom stereocenters. The van der Waals surface area contributed by atoms with Crippen molar-refractivity contribution in [3.05, 3.63) is 61.2 Å². The van der Waals surface area contributed by atoms with E-state index in [1.807, 2.05) is 35.2 Å². The fourth-order valence-corrected chi connectivity index (χ4v) is 11.3. The van der Waals surface area contributed by atoms with Crippen LogP contribution in [0.5, 0.6) is 0 Å². The van der Waals surface area contributed by atoms with Crippen molar-refractivity contribution in [2.24, 2.45) is 17.3 Å². The molecule has 3 fully saturated rings. The fraction of sp³-hybridized carbons (Fsp3) is 0.606. The van der Waals surface area contributed by atoms with E-state index in [4.69, 9.17) is 4.74 Å². The lowest BCUT2D eigenvalue weighted by Crippen LogP contribution is -2.62. The number of aliphatic hydroxyl groups excluding tert-OH is 1. The molecule has 2 amide bonds. The lowest BCUT2D eigenvalue weighted by molar-refractivity contribution is -0.153. The van der Waals surface area contributed by atoms with Crippen molar-refractivity contribution < 1.29 is 24.2 Å². The number of carbonyl (C=O) groups is 3. The van der Waals surface area contributed by atoms with Gasteiger partial charge in [0.05, 0.1) is 29.2 Å². The molecular weight excluding hydrogens is 616 g/mol. The van der Waals surface area contributed by atoms with E-state index in [1.165, 1.54) is 6.08 Å². The Morgan fingerprint density at radius 3 is 2.45 bits per heavy atom. The second kappa shape index (κ2) is 12.5. The molecule has 0 saturated carbocycles. The zero-order valence-corrected chi connectivity index (χ0v) is 27.8. The van der Waals surface area contributed by atoms with Crippen molar-refractivity contribution in [2.75, 3.05) is 19.8 Å². The Morgan fingerprint density at radius 2 is 1.88 bits per heavy atom. The minimum absolute atomic E-state index is 0.0566. The number of esters is 1. The second-order valence-electron chi connectivity index (χ2n) is 13.6. The standard InChI is InChI=1S/C33H45BrN2O5S/c1-8-15-35(32(6,7)20-31(3,4)5)29(39)27-33-18-23(34)26(42-33)24(30(40)41-16-9-2)25(33)28(38)36(27)22(19-37)17-21-13-11-10-12-14-21/h8-14,22-27,37H,1-2,15-20H2,3-7H3/t22-,23?,24-,25+,26-,27?,33?/m1/s1. The third kappa shape index (κ3) is 5.98. The largest absolute Gasteiger partial charge is 0.461 e. The van der Waals surface area contributed by atoms with Gasteiger partial charge in [0.25, 0.3) is 0 Å². The Labute approximate surface area is 263 Å². The van der Waals surface area contributed by atoms with E-state index in [1.54, 1.807) is 22.7 Å². The van der Waals surface area contributed by atoms with Crippen LogP contribution in [0.25, 0.3) is 0 Å². The highest BCUT2D eigenvalue weighted by molar-refractivity contribution is 9.09. The van der Waals surface area contributed by atoms with Crippen molar-refractivity contribution in [2.45, 2.75) is 86.3 Å². The molecule has 3 saturated heterocycles. The van der Waals surface area contributed by atoms with E-state index in [-0.39, 0.29) is 40.5 Å². The van der Waals surface area contributed by atoms with Crippen LogP contribution in [0.2, 0.25) is 0 Å². The molecule has 3 aliphatic rings. The number of hydrogen-bond acceptors (Lipinski definition) is 6. The predicted molar refractivity (Wildman–Crippen MR) is 171 cm³/mol. The molecule has 2 bridgehead atoms. The maximum Gasteiger partial charge on any atom is 0.311 e. The first kappa shape index (κ1) is 32.8. The molecule has 0 aliphatic carbocycles. The van der Waals surface area contributed by atoms with Crippen molar-refractivity contribution in [3.63, 3.8) is 0 Å². The lowest BCUT2D eigenvalue weighted by Gasteiger charge is -2.46. The van der Waals surface area contributed by atoms with Crippen LogP contribution in [0.3, 0.4) is 0 Å². The van der Waals surface area contributed by atoms with E-state index in [9.17, 15) is 14.7 Å². The summed E-state index contributed by atoms with van der Waals surface area (Å²) in [4.78, 5) is 46.5. The Hall–Kier alpha value is -2.10. The molecule has 1 aromatic rings. The van der Waals surface area contributed by atoms with Crippen LogP contribution in [-0.2, 0) is 25.5 Å². The first-order valence-electron chi connectivity index (χ1n) is 14.7. The number of thioether (sulfide) groups is 1. The van der Waals surface area contributed by atoms with Crippen molar-refractivity contribution in [1.29, 1.82) is 0 Å². The van der Waals surface area contributed by atoms with Gasteiger partial charge < -0.3 is 19.6 Å². The van der Waals surface area contributed by atoms with Crippen LogP contribution in [-0.4, -0.2) is 84.9 Å². The van der Waals surface area contributed by atoms with Gasteiger partial charge in [0, 0.05) is 22.2 Å². The summed E-state index contributed by atoms with van der Waals surface area (Å²) in [6.07, 6.45) is 4.92. The molecule has 3 heterocycles. The number of benzene rings is 1. The first-order valence-corrected chi connectivity index (χ1v) is 16.5. The maximum atomic E-state index is 15.0. The summed E-state index contributed by atoms with van der Waals surface area (Å²) in [7, 11) is 0. The van der Waals surface area contributed by atoms with Crippen molar-refractivity contribution in [3.8, 4) is 0 Å². The summed E-state index contributed by atoms with van der Waals surface area (Å²) in [6.45, 7) is 18.2. The van der Waals surface area contributed by atoms with Crippen LogP contribution < -0.4 is 0 Å². The van der Waals surface area contributed by atoms with Crippen LogP contribution in [0, 0.1) is 17.3 Å². The number of likely N-dealkylation sites (tertiary alicyclic amines) is 1. The molecule has 4 rings (SSSR count). The average Bonchev–Trinajstić information content (AvgIpc) is 3.51. The fourth-order valence-electron chi connectivity index (χ4n) is 7.69. The van der Waals surface area contributed by atoms with Crippen LogP contribution in [0.4, 0.5) is 0 Å². The molecule has 3 unspecified atom stereocenters. The SMILES string of the molecule is C=CCOC(=O)[C@H]1[C@@H]2SC3(CC2Br)C(C(=O)N(CC=C)C(C)(C)CC(C)(C)C)N([C@@H](CO)Cc2ccccc2)C(=O)[C@H]13. The van der Waals surface area contributed by atoms with Gasteiger partial charge in [-0.05, 0) is 44.1 Å². The normalized spacial score (nSPS) is 29.3. The molecular formula is C33H45BrN2O5S. The number of halogens is 1. The van der Waals surface area contributed by atoms with Crippen LogP contribution in [0.15, 0.2) is 55.6 Å². The molecule has 42 heavy (non-hydrogen) atoms. The van der Waals surface area contributed by atoms with Gasteiger partial charge in [-0.2, -0.15) is 0 Å². The molecule has 0 radical (unpaired) electrons. The summed E-state index contributed by atoms with van der Waals surface area (Å²) >= 11 is 5.38. The maximum absolute atomic E-state index is 15.0. The minimum atomic E-state index is -0.859. The van der Waals surface area contributed by atoms with Crippen molar-refractivity contribution >= 4 is 45.5 Å². The Kier molecular flexibility index (Phi) is 9.75. The van der Waals surface area contributed by atoms with Gasteiger partial charge in [-0.15, -0.1) is 18.3 Å². The number of rotatable bonds is 12. The van der Waals surface area contributed by atoms with Gasteiger partial charge in [-0.1, -0.05) is 85.8 Å². The zero-order chi connectivity index (χ0) is 31.0. The summed E-state index contributed by atoms with van der Waals surface area (Å²) in [5, 5.41) is 10.5. The third-order valence-electron chi connectivity index (χ3n) is 8.77. The Bertz CT molecular complexity index is 1200.